The van der Waals surface area contributed by atoms with Gasteiger partial charge in [-0.25, -0.2) is 4.79 Å². The van der Waals surface area contributed by atoms with Gasteiger partial charge in [0.15, 0.2) is 0 Å². The van der Waals surface area contributed by atoms with E-state index in [0.29, 0.717) is 12.2 Å². The number of carbonyl (C=O) groups excluding carboxylic acids is 1. The van der Waals surface area contributed by atoms with Crippen LogP contribution in [0, 0.1) is 0 Å². The Hall–Kier alpha value is -2.39. The number of rotatable bonds is 5. The average molecular weight is 295 g/mol. The van der Waals surface area contributed by atoms with Crippen LogP contribution in [0.5, 0.6) is 0 Å². The van der Waals surface area contributed by atoms with E-state index in [4.69, 9.17) is 10.5 Å². The molecule has 0 saturated heterocycles. The van der Waals surface area contributed by atoms with Crippen LogP contribution in [0.4, 0.5) is 0 Å². The molecule has 0 amide bonds. The van der Waals surface area contributed by atoms with E-state index in [9.17, 15) is 4.79 Å². The Kier molecular flexibility index (Phi) is 5.50. The van der Waals surface area contributed by atoms with E-state index in [1.54, 1.807) is 19.9 Å². The van der Waals surface area contributed by atoms with E-state index in [0.717, 1.165) is 11.1 Å². The van der Waals surface area contributed by atoms with Crippen LogP contribution in [0.3, 0.4) is 0 Å². The third-order valence-corrected chi connectivity index (χ3v) is 3.43. The summed E-state index contributed by atoms with van der Waals surface area (Å²) < 4.78 is 4.95. The third-order valence-electron chi connectivity index (χ3n) is 3.43. The second-order valence-electron chi connectivity index (χ2n) is 5.08. The fourth-order valence-corrected chi connectivity index (χ4v) is 2.21. The van der Waals surface area contributed by atoms with Crippen LogP contribution in [-0.2, 0) is 9.53 Å². The zero-order valence-corrected chi connectivity index (χ0v) is 13.0. The summed E-state index contributed by atoms with van der Waals surface area (Å²) >= 11 is 0. The van der Waals surface area contributed by atoms with E-state index in [2.05, 4.69) is 12.1 Å². The third kappa shape index (κ3) is 4.06. The van der Waals surface area contributed by atoms with E-state index >= 15 is 0 Å². The van der Waals surface area contributed by atoms with Crippen molar-refractivity contribution in [1.82, 2.24) is 0 Å². The number of carbonyl (C=O) groups is 1. The lowest BCUT2D eigenvalue weighted by molar-refractivity contribution is -0.138. The summed E-state index contributed by atoms with van der Waals surface area (Å²) in [5.74, 6) is -0.321. The fraction of sp³-hybridized carbons (Fsp3) is 0.211. The molecule has 0 spiro atoms. The first kappa shape index (κ1) is 16.0. The van der Waals surface area contributed by atoms with Crippen LogP contribution in [0.15, 0.2) is 66.2 Å². The Morgan fingerprint density at radius 2 is 1.68 bits per heavy atom. The van der Waals surface area contributed by atoms with Gasteiger partial charge in [0.05, 0.1) is 6.61 Å². The Morgan fingerprint density at radius 3 is 2.27 bits per heavy atom. The number of nitrogens with two attached hydrogens (primary N) is 1. The minimum Gasteiger partial charge on any atom is -0.463 e. The molecule has 3 nitrogen and oxygen atoms in total. The molecule has 0 heterocycles. The van der Waals surface area contributed by atoms with E-state index in [-0.39, 0.29) is 12.0 Å². The van der Waals surface area contributed by atoms with Crippen molar-refractivity contribution in [3.63, 3.8) is 0 Å². The van der Waals surface area contributed by atoms with Crippen molar-refractivity contribution in [2.24, 2.45) is 5.73 Å². The van der Waals surface area contributed by atoms with Gasteiger partial charge in [-0.05, 0) is 30.5 Å². The fourth-order valence-electron chi connectivity index (χ4n) is 2.21. The quantitative estimate of drug-likeness (QED) is 0.673. The first-order valence-corrected chi connectivity index (χ1v) is 7.38. The van der Waals surface area contributed by atoms with Gasteiger partial charge in [-0.1, -0.05) is 60.7 Å². The summed E-state index contributed by atoms with van der Waals surface area (Å²) in [7, 11) is 0. The maximum Gasteiger partial charge on any atom is 0.333 e. The highest BCUT2D eigenvalue weighted by Crippen LogP contribution is 2.22. The largest absolute Gasteiger partial charge is 0.463 e. The van der Waals surface area contributed by atoms with Gasteiger partial charge in [0, 0.05) is 11.6 Å². The predicted octanol–water partition coefficient (Wildman–Crippen LogP) is 3.86. The molecule has 2 rings (SSSR count). The Balaban J connectivity index is 2.13. The molecule has 2 N–H and O–H groups in total. The molecular weight excluding hydrogens is 274 g/mol. The Bertz CT molecular complexity index is 645. The highest BCUT2D eigenvalue weighted by atomic mass is 16.5. The minimum absolute atomic E-state index is 0.321. The molecule has 3 heteroatoms. The van der Waals surface area contributed by atoms with Crippen molar-refractivity contribution in [3.8, 4) is 11.1 Å². The summed E-state index contributed by atoms with van der Waals surface area (Å²) in [5, 5.41) is 0. The molecule has 0 fully saturated rings. The average Bonchev–Trinajstić information content (AvgIpc) is 2.56. The molecule has 0 radical (unpaired) electrons. The topological polar surface area (TPSA) is 52.3 Å². The van der Waals surface area contributed by atoms with Gasteiger partial charge in [0.1, 0.15) is 0 Å². The minimum atomic E-state index is -0.325. The van der Waals surface area contributed by atoms with Crippen molar-refractivity contribution in [1.29, 1.82) is 0 Å². The standard InChI is InChI=1S/C19H21NO2/c1-3-22-19(21)14(2)13-18(20)17-11-9-16(10-12-17)15-7-5-4-6-8-15/h4-13,18H,3,20H2,1-2H3/b14-13-/t18-/m1/s1. The Labute approximate surface area is 131 Å². The molecule has 114 valence electrons. The van der Waals surface area contributed by atoms with Gasteiger partial charge < -0.3 is 10.5 Å². The normalized spacial score (nSPS) is 12.8. The lowest BCUT2D eigenvalue weighted by Gasteiger charge is -2.10. The smallest absolute Gasteiger partial charge is 0.333 e. The van der Waals surface area contributed by atoms with Gasteiger partial charge in [-0.15, -0.1) is 0 Å². The summed E-state index contributed by atoms with van der Waals surface area (Å²) in [6, 6.07) is 17.9. The van der Waals surface area contributed by atoms with Gasteiger partial charge in [-0.3, -0.25) is 0 Å². The number of hydrogen-bond donors (Lipinski definition) is 1. The first-order valence-electron chi connectivity index (χ1n) is 7.38. The molecule has 22 heavy (non-hydrogen) atoms. The summed E-state index contributed by atoms with van der Waals surface area (Å²) in [6.45, 7) is 3.87. The molecule has 1 atom stereocenters. The molecule has 0 unspecified atom stereocenters. The van der Waals surface area contributed by atoms with Crippen molar-refractivity contribution in [2.45, 2.75) is 19.9 Å². The lowest BCUT2D eigenvalue weighted by atomic mass is 10.00. The number of hydrogen-bond acceptors (Lipinski definition) is 3. The second-order valence-corrected chi connectivity index (χ2v) is 5.08. The van der Waals surface area contributed by atoms with E-state index in [1.165, 1.54) is 5.56 Å². The molecular formula is C19H21NO2. The molecule has 0 aromatic heterocycles. The van der Waals surface area contributed by atoms with Gasteiger partial charge in [0.25, 0.3) is 0 Å². The summed E-state index contributed by atoms with van der Waals surface area (Å²) in [5.41, 5.74) is 9.93. The SMILES string of the molecule is CCOC(=O)/C(C)=C\[C@@H](N)c1ccc(-c2ccccc2)cc1. The maximum absolute atomic E-state index is 11.6. The molecule has 2 aromatic carbocycles. The van der Waals surface area contributed by atoms with Crippen LogP contribution in [0.25, 0.3) is 11.1 Å². The highest BCUT2D eigenvalue weighted by molar-refractivity contribution is 5.87. The van der Waals surface area contributed by atoms with E-state index in [1.807, 2.05) is 42.5 Å². The predicted molar refractivity (Wildman–Crippen MR) is 89.2 cm³/mol. The number of esters is 1. The summed E-state index contributed by atoms with van der Waals surface area (Å²) in [6.07, 6.45) is 1.73. The molecule has 0 bridgehead atoms. The zero-order chi connectivity index (χ0) is 15.9. The second kappa shape index (κ2) is 7.57. The van der Waals surface area contributed by atoms with Crippen LogP contribution >= 0.6 is 0 Å². The van der Waals surface area contributed by atoms with Crippen LogP contribution in [0.1, 0.15) is 25.5 Å². The van der Waals surface area contributed by atoms with Gasteiger partial charge in [0.2, 0.25) is 0 Å². The van der Waals surface area contributed by atoms with Crippen molar-refractivity contribution < 1.29 is 9.53 Å². The van der Waals surface area contributed by atoms with Crippen LogP contribution in [-0.4, -0.2) is 12.6 Å². The number of ether oxygens (including phenoxy) is 1. The highest BCUT2D eigenvalue weighted by Gasteiger charge is 2.09. The maximum atomic E-state index is 11.6. The molecule has 0 aliphatic rings. The molecule has 0 aliphatic heterocycles. The van der Waals surface area contributed by atoms with Crippen molar-refractivity contribution >= 4 is 5.97 Å². The van der Waals surface area contributed by atoms with Gasteiger partial charge in [-0.2, -0.15) is 0 Å². The van der Waals surface area contributed by atoms with Crippen molar-refractivity contribution in [3.05, 3.63) is 71.8 Å². The van der Waals surface area contributed by atoms with Crippen LogP contribution < -0.4 is 5.73 Å². The summed E-state index contributed by atoms with van der Waals surface area (Å²) in [4.78, 5) is 11.6. The van der Waals surface area contributed by atoms with E-state index < -0.39 is 0 Å². The molecule has 0 aliphatic carbocycles. The van der Waals surface area contributed by atoms with Crippen LogP contribution in [0.2, 0.25) is 0 Å². The number of benzene rings is 2. The molecule has 0 saturated carbocycles. The first-order chi connectivity index (χ1) is 10.6. The van der Waals surface area contributed by atoms with Gasteiger partial charge >= 0.3 is 5.97 Å². The Morgan fingerprint density at radius 1 is 1.09 bits per heavy atom. The molecule has 2 aromatic rings. The zero-order valence-electron chi connectivity index (χ0n) is 13.0. The van der Waals surface area contributed by atoms with Crippen molar-refractivity contribution in [2.75, 3.05) is 6.61 Å². The monoisotopic (exact) mass is 295 g/mol. The lowest BCUT2D eigenvalue weighted by Crippen LogP contribution is -2.11.